The fraction of sp³-hybridized carbons (Fsp3) is 0.412. The van der Waals surface area contributed by atoms with E-state index in [1.54, 1.807) is 46.4 Å². The van der Waals surface area contributed by atoms with Crippen LogP contribution in [0.2, 0.25) is 0 Å². The molecule has 246 valence electrons. The quantitative estimate of drug-likeness (QED) is 0.283. The molecule has 2 amide bonds. The van der Waals surface area contributed by atoms with Crippen LogP contribution in [-0.4, -0.2) is 68.8 Å². The summed E-state index contributed by atoms with van der Waals surface area (Å²) >= 11 is 0. The van der Waals surface area contributed by atoms with Gasteiger partial charge in [-0.15, -0.1) is 0 Å². The van der Waals surface area contributed by atoms with Crippen LogP contribution in [0.5, 0.6) is 5.75 Å². The van der Waals surface area contributed by atoms with Crippen LogP contribution < -0.4 is 9.50 Å². The maximum absolute atomic E-state index is 13.7. The van der Waals surface area contributed by atoms with Gasteiger partial charge in [0.15, 0.2) is 5.75 Å². The number of benzene rings is 3. The fourth-order valence-corrected chi connectivity index (χ4v) is 6.75. The van der Waals surface area contributed by atoms with Crippen LogP contribution in [0.3, 0.4) is 0 Å². The summed E-state index contributed by atoms with van der Waals surface area (Å²) in [5.74, 6) is -0.218. The molecule has 0 atom stereocenters. The molecule has 1 fully saturated rings. The molecule has 3 aromatic rings. The molecule has 0 saturated carbocycles. The van der Waals surface area contributed by atoms with E-state index in [0.717, 1.165) is 22.3 Å². The van der Waals surface area contributed by atoms with Gasteiger partial charge in [0.05, 0.1) is 5.69 Å². The average molecular weight is 654 g/mol. The molecule has 0 spiro atoms. The molecule has 1 saturated heterocycles. The highest BCUT2D eigenvalue weighted by molar-refractivity contribution is 7.81. The molecule has 1 N–H and O–H groups in total. The van der Waals surface area contributed by atoms with Crippen LogP contribution in [0.25, 0.3) is 11.1 Å². The van der Waals surface area contributed by atoms with E-state index in [1.165, 1.54) is 0 Å². The zero-order chi connectivity index (χ0) is 33.4. The number of rotatable bonds is 7. The minimum Gasteiger partial charge on any atom is -0.448 e. The minimum atomic E-state index is -5.34. The zero-order valence-corrected chi connectivity index (χ0v) is 27.8. The first-order valence-corrected chi connectivity index (χ1v) is 16.5. The lowest BCUT2D eigenvalue weighted by Gasteiger charge is -2.35. The molecule has 1 aliphatic carbocycles. The first kappa shape index (κ1) is 33.2. The van der Waals surface area contributed by atoms with Crippen LogP contribution in [0.4, 0.5) is 19.2 Å². The zero-order valence-electron chi connectivity index (χ0n) is 27.0. The standard InChI is InChI=1S/C34H40FN3O7S/c1-21-28(22(2)31(45-46(35,41)42)23(3)30(21)36-32(39)44-34(4,5)6)19-37-15-17-38(18-16-37)33(40)43-20-29-26-13-9-7-11-24(26)25-12-8-10-14-27(25)29/h7-14,29H,15-20H2,1-6H3,(H,36,39). The van der Waals surface area contributed by atoms with Crippen LogP contribution in [0, 0.1) is 20.8 Å². The van der Waals surface area contributed by atoms with Crippen molar-refractivity contribution in [3.8, 4) is 16.9 Å². The van der Waals surface area contributed by atoms with Gasteiger partial charge in [-0.05, 0) is 80.5 Å². The fourth-order valence-electron chi connectivity index (χ4n) is 6.30. The second-order valence-corrected chi connectivity index (χ2v) is 13.7. The van der Waals surface area contributed by atoms with Crippen LogP contribution in [0.1, 0.15) is 60.1 Å². The molecule has 10 nitrogen and oxygen atoms in total. The predicted molar refractivity (Wildman–Crippen MR) is 173 cm³/mol. The number of nitrogens with one attached hydrogen (secondary N) is 1. The molecule has 12 heteroatoms. The smallest absolute Gasteiger partial charge is 0.448 e. The van der Waals surface area contributed by atoms with E-state index in [1.807, 2.05) is 24.3 Å². The Hall–Kier alpha value is -4.16. The summed E-state index contributed by atoms with van der Waals surface area (Å²) < 4.78 is 52.8. The van der Waals surface area contributed by atoms with E-state index < -0.39 is 22.2 Å². The topological polar surface area (TPSA) is 114 Å². The maximum Gasteiger partial charge on any atom is 0.488 e. The Bertz CT molecular complexity index is 1720. The molecule has 3 aromatic carbocycles. The molecule has 0 aromatic heterocycles. The Morgan fingerprint density at radius 2 is 1.46 bits per heavy atom. The lowest BCUT2D eigenvalue weighted by atomic mass is 9.95. The maximum atomic E-state index is 13.7. The van der Waals surface area contributed by atoms with Crippen molar-refractivity contribution in [3.63, 3.8) is 0 Å². The Morgan fingerprint density at radius 3 is 2.00 bits per heavy atom. The summed E-state index contributed by atoms with van der Waals surface area (Å²) in [4.78, 5) is 29.6. The van der Waals surface area contributed by atoms with Crippen molar-refractivity contribution in [1.29, 1.82) is 0 Å². The van der Waals surface area contributed by atoms with Gasteiger partial charge in [0.25, 0.3) is 0 Å². The number of hydrogen-bond acceptors (Lipinski definition) is 8. The number of carbonyl (C=O) groups is 2. The van der Waals surface area contributed by atoms with Crippen LogP contribution in [0.15, 0.2) is 48.5 Å². The lowest BCUT2D eigenvalue weighted by Crippen LogP contribution is -2.48. The molecular formula is C34H40FN3O7S. The summed E-state index contributed by atoms with van der Waals surface area (Å²) in [6.07, 6.45) is -1.11. The Labute approximate surface area is 269 Å². The van der Waals surface area contributed by atoms with E-state index in [4.69, 9.17) is 13.7 Å². The van der Waals surface area contributed by atoms with Crippen molar-refractivity contribution in [3.05, 3.63) is 81.9 Å². The first-order valence-electron chi connectivity index (χ1n) is 15.2. The van der Waals surface area contributed by atoms with Gasteiger partial charge in [0.2, 0.25) is 0 Å². The van der Waals surface area contributed by atoms with Gasteiger partial charge in [0, 0.05) is 44.2 Å². The van der Waals surface area contributed by atoms with E-state index in [-0.39, 0.29) is 35.6 Å². The average Bonchev–Trinajstić information content (AvgIpc) is 3.31. The number of carbonyl (C=O) groups excluding carboxylic acids is 2. The summed E-state index contributed by atoms with van der Waals surface area (Å²) in [5, 5.41) is 2.69. The molecule has 0 radical (unpaired) electrons. The molecule has 5 rings (SSSR count). The summed E-state index contributed by atoms with van der Waals surface area (Å²) in [5.41, 5.74) is 6.17. The van der Waals surface area contributed by atoms with Gasteiger partial charge >= 0.3 is 22.7 Å². The van der Waals surface area contributed by atoms with Crippen molar-refractivity contribution in [2.24, 2.45) is 0 Å². The highest BCUT2D eigenvalue weighted by Gasteiger charge is 2.31. The highest BCUT2D eigenvalue weighted by atomic mass is 32.3. The van der Waals surface area contributed by atoms with Crippen LogP contribution in [-0.2, 0) is 26.5 Å². The van der Waals surface area contributed by atoms with Crippen molar-refractivity contribution in [1.82, 2.24) is 9.80 Å². The SMILES string of the molecule is Cc1c(CN2CCN(C(=O)OCC3c4ccccc4-c4ccccc43)CC2)c(C)c(OS(=O)(=O)F)c(C)c1NC(=O)OC(C)(C)C. The third-order valence-electron chi connectivity index (χ3n) is 8.49. The summed E-state index contributed by atoms with van der Waals surface area (Å²) in [6.45, 7) is 12.6. The number of anilines is 1. The molecule has 1 heterocycles. The molecule has 1 aliphatic heterocycles. The third-order valence-corrected chi connectivity index (χ3v) is 8.86. The van der Waals surface area contributed by atoms with E-state index in [0.29, 0.717) is 49.4 Å². The Balaban J connectivity index is 1.27. The van der Waals surface area contributed by atoms with Crippen LogP contribution >= 0.6 is 0 Å². The predicted octanol–water partition coefficient (Wildman–Crippen LogP) is 6.62. The van der Waals surface area contributed by atoms with E-state index in [9.17, 15) is 21.9 Å². The van der Waals surface area contributed by atoms with Crippen molar-refractivity contribution < 1.29 is 35.5 Å². The second kappa shape index (κ2) is 12.9. The third kappa shape index (κ3) is 7.28. The summed E-state index contributed by atoms with van der Waals surface area (Å²) in [7, 11) is -5.34. The molecule has 0 bridgehead atoms. The number of hydrogen-bond donors (Lipinski definition) is 1. The number of halogens is 1. The number of piperazine rings is 1. The van der Waals surface area contributed by atoms with Gasteiger partial charge in [-0.1, -0.05) is 52.4 Å². The lowest BCUT2D eigenvalue weighted by molar-refractivity contribution is 0.0635. The molecule has 46 heavy (non-hydrogen) atoms. The molecular weight excluding hydrogens is 613 g/mol. The van der Waals surface area contributed by atoms with Gasteiger partial charge in [-0.3, -0.25) is 10.2 Å². The Morgan fingerprint density at radius 1 is 0.891 bits per heavy atom. The highest BCUT2D eigenvalue weighted by Crippen LogP contribution is 2.44. The number of amides is 2. The second-order valence-electron chi connectivity index (χ2n) is 12.7. The van der Waals surface area contributed by atoms with Crippen molar-refractivity contribution in [2.75, 3.05) is 38.1 Å². The van der Waals surface area contributed by atoms with Gasteiger partial charge in [-0.2, -0.15) is 8.42 Å². The Kier molecular flexibility index (Phi) is 9.33. The van der Waals surface area contributed by atoms with Gasteiger partial charge in [0.1, 0.15) is 12.2 Å². The largest absolute Gasteiger partial charge is 0.488 e. The normalized spacial score (nSPS) is 15.2. The summed E-state index contributed by atoms with van der Waals surface area (Å²) in [6, 6.07) is 16.4. The number of fused-ring (bicyclic) bond motifs is 3. The van der Waals surface area contributed by atoms with Crippen molar-refractivity contribution in [2.45, 2.75) is 59.6 Å². The number of nitrogens with zero attached hydrogens (tertiary/aromatic N) is 2. The van der Waals surface area contributed by atoms with Gasteiger partial charge < -0.3 is 18.6 Å². The minimum absolute atomic E-state index is 0.0295. The number of ether oxygens (including phenoxy) is 2. The monoisotopic (exact) mass is 653 g/mol. The van der Waals surface area contributed by atoms with E-state index in [2.05, 4.69) is 34.5 Å². The van der Waals surface area contributed by atoms with E-state index >= 15 is 0 Å². The van der Waals surface area contributed by atoms with Crippen molar-refractivity contribution >= 4 is 28.4 Å². The molecule has 0 unspecified atom stereocenters. The molecule has 2 aliphatic rings. The first-order chi connectivity index (χ1) is 21.6. The van der Waals surface area contributed by atoms with Gasteiger partial charge in [-0.25, -0.2) is 9.59 Å².